The lowest BCUT2D eigenvalue weighted by Gasteiger charge is -2.23. The zero-order valence-corrected chi connectivity index (χ0v) is 9.88. The maximum absolute atomic E-state index is 11.8. The summed E-state index contributed by atoms with van der Waals surface area (Å²) in [5, 5.41) is 6.22. The van der Waals surface area contributed by atoms with Crippen molar-refractivity contribution in [2.45, 2.75) is 38.8 Å². The van der Waals surface area contributed by atoms with E-state index in [0.29, 0.717) is 12.5 Å². The van der Waals surface area contributed by atoms with Gasteiger partial charge in [-0.25, -0.2) is 0 Å². The van der Waals surface area contributed by atoms with E-state index in [1.54, 1.807) is 7.11 Å². The van der Waals surface area contributed by atoms with Gasteiger partial charge >= 0.3 is 0 Å². The minimum absolute atomic E-state index is 0.00288. The van der Waals surface area contributed by atoms with Crippen LogP contribution in [-0.4, -0.2) is 38.3 Å². The number of ether oxygens (including phenoxy) is 1. The molecule has 1 heterocycles. The van der Waals surface area contributed by atoms with Crippen molar-refractivity contribution in [3.8, 4) is 0 Å². The lowest BCUT2D eigenvalue weighted by molar-refractivity contribution is -0.124. The van der Waals surface area contributed by atoms with Crippen LogP contribution in [0.2, 0.25) is 0 Å². The Labute approximate surface area is 91.8 Å². The largest absolute Gasteiger partial charge is 0.383 e. The number of amides is 1. The van der Waals surface area contributed by atoms with E-state index in [9.17, 15) is 4.79 Å². The monoisotopic (exact) mass is 214 g/mol. The minimum atomic E-state index is 0.00288. The molecule has 88 valence electrons. The molecule has 1 aliphatic heterocycles. The number of nitrogens with one attached hydrogen (secondary N) is 2. The normalized spacial score (nSPS) is 23.1. The topological polar surface area (TPSA) is 50.4 Å². The first-order valence-corrected chi connectivity index (χ1v) is 5.68. The average Bonchev–Trinajstić information content (AvgIpc) is 2.69. The second kappa shape index (κ2) is 6.08. The number of carbonyl (C=O) groups excluding carboxylic acids is 1. The lowest BCUT2D eigenvalue weighted by Crippen LogP contribution is -2.48. The minimum Gasteiger partial charge on any atom is -0.383 e. The molecule has 1 saturated heterocycles. The zero-order chi connectivity index (χ0) is 11.3. The molecule has 4 heteroatoms. The van der Waals surface area contributed by atoms with E-state index in [-0.39, 0.29) is 18.0 Å². The van der Waals surface area contributed by atoms with Crippen molar-refractivity contribution in [3.63, 3.8) is 0 Å². The van der Waals surface area contributed by atoms with Gasteiger partial charge in [-0.15, -0.1) is 0 Å². The highest BCUT2D eigenvalue weighted by Gasteiger charge is 2.25. The summed E-state index contributed by atoms with van der Waals surface area (Å²) in [7, 11) is 1.66. The fourth-order valence-corrected chi connectivity index (χ4v) is 1.77. The molecule has 0 aliphatic carbocycles. The summed E-state index contributed by atoms with van der Waals surface area (Å²) in [6, 6.07) is 0.119. The molecule has 1 amide bonds. The molecule has 0 saturated carbocycles. The van der Waals surface area contributed by atoms with Crippen LogP contribution in [-0.2, 0) is 9.53 Å². The summed E-state index contributed by atoms with van der Waals surface area (Å²) < 4.78 is 5.09. The van der Waals surface area contributed by atoms with Gasteiger partial charge in [-0.1, -0.05) is 13.8 Å². The SMILES string of the molecule is COCC(NC(=O)[C@@H]1CCCN1)C(C)C. The molecule has 2 atom stereocenters. The Morgan fingerprint density at radius 3 is 2.80 bits per heavy atom. The predicted molar refractivity (Wildman–Crippen MR) is 59.7 cm³/mol. The molecule has 0 spiro atoms. The molecule has 0 bridgehead atoms. The molecule has 0 aromatic rings. The standard InChI is InChI=1S/C11H22N2O2/c1-8(2)10(7-15-3)13-11(14)9-5-4-6-12-9/h8-10,12H,4-7H2,1-3H3,(H,13,14)/t9-,10?/m0/s1. The van der Waals surface area contributed by atoms with Crippen LogP contribution in [0.3, 0.4) is 0 Å². The van der Waals surface area contributed by atoms with Crippen molar-refractivity contribution >= 4 is 5.91 Å². The molecule has 0 aromatic heterocycles. The van der Waals surface area contributed by atoms with Crippen molar-refractivity contribution in [1.82, 2.24) is 10.6 Å². The van der Waals surface area contributed by atoms with Gasteiger partial charge in [0.05, 0.1) is 18.7 Å². The lowest BCUT2D eigenvalue weighted by atomic mass is 10.0. The Balaban J connectivity index is 2.38. The van der Waals surface area contributed by atoms with E-state index in [1.807, 2.05) is 0 Å². The van der Waals surface area contributed by atoms with Crippen LogP contribution in [0.5, 0.6) is 0 Å². The van der Waals surface area contributed by atoms with Crippen LogP contribution in [0.25, 0.3) is 0 Å². The number of methoxy groups -OCH3 is 1. The Kier molecular flexibility index (Phi) is 5.05. The first kappa shape index (κ1) is 12.5. The summed E-state index contributed by atoms with van der Waals surface area (Å²) in [5.74, 6) is 0.513. The van der Waals surface area contributed by atoms with Crippen LogP contribution in [0, 0.1) is 5.92 Å². The highest BCUT2D eigenvalue weighted by atomic mass is 16.5. The van der Waals surface area contributed by atoms with E-state index in [0.717, 1.165) is 19.4 Å². The van der Waals surface area contributed by atoms with Gasteiger partial charge in [0.15, 0.2) is 0 Å². The quantitative estimate of drug-likeness (QED) is 0.701. The van der Waals surface area contributed by atoms with Gasteiger partial charge in [0.1, 0.15) is 0 Å². The Morgan fingerprint density at radius 1 is 1.60 bits per heavy atom. The molecule has 15 heavy (non-hydrogen) atoms. The van der Waals surface area contributed by atoms with Crippen LogP contribution < -0.4 is 10.6 Å². The van der Waals surface area contributed by atoms with Gasteiger partial charge in [-0.3, -0.25) is 4.79 Å². The molecule has 1 aliphatic rings. The van der Waals surface area contributed by atoms with E-state index in [1.165, 1.54) is 0 Å². The van der Waals surface area contributed by atoms with Crippen molar-refractivity contribution < 1.29 is 9.53 Å². The Bertz CT molecular complexity index is 201. The van der Waals surface area contributed by atoms with Crippen LogP contribution in [0.4, 0.5) is 0 Å². The summed E-state index contributed by atoms with van der Waals surface area (Å²) in [5.41, 5.74) is 0. The van der Waals surface area contributed by atoms with Gasteiger partial charge in [0.25, 0.3) is 0 Å². The number of carbonyl (C=O) groups is 1. The number of hydrogen-bond donors (Lipinski definition) is 2. The second-order valence-electron chi connectivity index (χ2n) is 4.46. The summed E-state index contributed by atoms with van der Waals surface area (Å²) in [4.78, 5) is 11.8. The van der Waals surface area contributed by atoms with Crippen molar-refractivity contribution in [2.24, 2.45) is 5.92 Å². The first-order chi connectivity index (χ1) is 7.15. The highest BCUT2D eigenvalue weighted by molar-refractivity contribution is 5.82. The third-order valence-electron chi connectivity index (χ3n) is 2.86. The summed E-state index contributed by atoms with van der Waals surface area (Å²) >= 11 is 0. The summed E-state index contributed by atoms with van der Waals surface area (Å²) in [6.45, 7) is 5.71. The average molecular weight is 214 g/mol. The highest BCUT2D eigenvalue weighted by Crippen LogP contribution is 2.07. The van der Waals surface area contributed by atoms with Crippen LogP contribution in [0.15, 0.2) is 0 Å². The Morgan fingerprint density at radius 2 is 2.33 bits per heavy atom. The molecule has 1 rings (SSSR count). The maximum atomic E-state index is 11.8. The fraction of sp³-hybridized carbons (Fsp3) is 0.909. The third-order valence-corrected chi connectivity index (χ3v) is 2.86. The molecular formula is C11H22N2O2. The molecule has 4 nitrogen and oxygen atoms in total. The third kappa shape index (κ3) is 3.80. The zero-order valence-electron chi connectivity index (χ0n) is 9.88. The van der Waals surface area contributed by atoms with Gasteiger partial charge in [0, 0.05) is 7.11 Å². The van der Waals surface area contributed by atoms with Crippen molar-refractivity contribution in [1.29, 1.82) is 0 Å². The first-order valence-electron chi connectivity index (χ1n) is 5.68. The van der Waals surface area contributed by atoms with Crippen LogP contribution in [0.1, 0.15) is 26.7 Å². The molecule has 2 N–H and O–H groups in total. The molecule has 1 unspecified atom stereocenters. The van der Waals surface area contributed by atoms with Crippen molar-refractivity contribution in [2.75, 3.05) is 20.3 Å². The maximum Gasteiger partial charge on any atom is 0.237 e. The van der Waals surface area contributed by atoms with Gasteiger partial charge in [-0.05, 0) is 25.3 Å². The summed E-state index contributed by atoms with van der Waals surface area (Å²) in [6.07, 6.45) is 2.04. The Hall–Kier alpha value is -0.610. The van der Waals surface area contributed by atoms with Gasteiger partial charge in [0.2, 0.25) is 5.91 Å². The molecular weight excluding hydrogens is 192 g/mol. The molecule has 0 radical (unpaired) electrons. The fourth-order valence-electron chi connectivity index (χ4n) is 1.77. The predicted octanol–water partition coefficient (Wildman–Crippen LogP) is 0.526. The molecule has 0 aromatic carbocycles. The van der Waals surface area contributed by atoms with Crippen LogP contribution >= 0.6 is 0 Å². The van der Waals surface area contributed by atoms with E-state index in [2.05, 4.69) is 24.5 Å². The number of rotatable bonds is 5. The van der Waals surface area contributed by atoms with Gasteiger partial charge < -0.3 is 15.4 Å². The second-order valence-corrected chi connectivity index (χ2v) is 4.46. The smallest absolute Gasteiger partial charge is 0.237 e. The number of hydrogen-bond acceptors (Lipinski definition) is 3. The van der Waals surface area contributed by atoms with E-state index in [4.69, 9.17) is 4.74 Å². The van der Waals surface area contributed by atoms with Gasteiger partial charge in [-0.2, -0.15) is 0 Å². The van der Waals surface area contributed by atoms with Crippen molar-refractivity contribution in [3.05, 3.63) is 0 Å². The van der Waals surface area contributed by atoms with E-state index >= 15 is 0 Å². The molecule has 1 fully saturated rings. The van der Waals surface area contributed by atoms with E-state index < -0.39 is 0 Å².